The molecule has 7 heteroatoms. The number of guanidine groups is 1. The van der Waals surface area contributed by atoms with E-state index in [1.807, 2.05) is 11.6 Å². The molecule has 0 aliphatic heterocycles. The highest BCUT2D eigenvalue weighted by Gasteiger charge is 2.18. The number of hydrogen-bond acceptors (Lipinski definition) is 4. The summed E-state index contributed by atoms with van der Waals surface area (Å²) >= 11 is 0. The zero-order valence-electron chi connectivity index (χ0n) is 16.9. The first-order valence-corrected chi connectivity index (χ1v) is 9.28. The second kappa shape index (κ2) is 8.87. The summed E-state index contributed by atoms with van der Waals surface area (Å²) in [4.78, 5) is 8.88. The second-order valence-electron chi connectivity index (χ2n) is 7.49. The van der Waals surface area contributed by atoms with Crippen LogP contribution in [0.4, 0.5) is 0 Å². The number of nitrogens with zero attached hydrogens (tertiary/aromatic N) is 4. The number of oxazole rings is 1. The van der Waals surface area contributed by atoms with E-state index in [0.717, 1.165) is 43.5 Å². The van der Waals surface area contributed by atoms with E-state index < -0.39 is 0 Å². The summed E-state index contributed by atoms with van der Waals surface area (Å²) in [5, 5.41) is 11.1. The fourth-order valence-electron chi connectivity index (χ4n) is 2.56. The Labute approximate surface area is 156 Å². The van der Waals surface area contributed by atoms with E-state index in [0.29, 0.717) is 12.4 Å². The normalized spacial score (nSPS) is 12.5. The van der Waals surface area contributed by atoms with Crippen molar-refractivity contribution in [3.63, 3.8) is 0 Å². The maximum absolute atomic E-state index is 5.79. The smallest absolute Gasteiger partial charge is 0.216 e. The van der Waals surface area contributed by atoms with Gasteiger partial charge in [-0.1, -0.05) is 20.8 Å². The van der Waals surface area contributed by atoms with E-state index >= 15 is 0 Å². The third-order valence-corrected chi connectivity index (χ3v) is 3.95. The van der Waals surface area contributed by atoms with Crippen LogP contribution in [0.2, 0.25) is 0 Å². The van der Waals surface area contributed by atoms with Crippen molar-refractivity contribution in [1.82, 2.24) is 25.4 Å². The molecule has 7 nitrogen and oxygen atoms in total. The van der Waals surface area contributed by atoms with E-state index in [1.54, 1.807) is 6.20 Å². The summed E-state index contributed by atoms with van der Waals surface area (Å²) in [6.45, 7) is 15.4. The Kier molecular flexibility index (Phi) is 6.83. The molecule has 2 N–H and O–H groups in total. The molecule has 0 saturated carbocycles. The van der Waals surface area contributed by atoms with Crippen molar-refractivity contribution in [2.45, 2.75) is 66.5 Å². The fraction of sp³-hybridized carbons (Fsp3) is 0.632. The van der Waals surface area contributed by atoms with E-state index in [9.17, 15) is 0 Å². The van der Waals surface area contributed by atoms with Crippen LogP contribution >= 0.6 is 0 Å². The van der Waals surface area contributed by atoms with Gasteiger partial charge in [0.25, 0.3) is 0 Å². The van der Waals surface area contributed by atoms with Crippen LogP contribution in [-0.2, 0) is 18.5 Å². The van der Waals surface area contributed by atoms with E-state index in [-0.39, 0.29) is 5.41 Å². The molecule has 2 aromatic rings. The third-order valence-electron chi connectivity index (χ3n) is 3.95. The van der Waals surface area contributed by atoms with E-state index in [2.05, 4.69) is 66.4 Å². The summed E-state index contributed by atoms with van der Waals surface area (Å²) in [5.41, 5.74) is 2.22. The van der Waals surface area contributed by atoms with Crippen molar-refractivity contribution in [2.75, 3.05) is 13.1 Å². The Balaban J connectivity index is 1.84. The van der Waals surface area contributed by atoms with Crippen LogP contribution in [0.5, 0.6) is 0 Å². The van der Waals surface area contributed by atoms with Gasteiger partial charge >= 0.3 is 0 Å². The van der Waals surface area contributed by atoms with Gasteiger partial charge in [0.2, 0.25) is 5.89 Å². The summed E-state index contributed by atoms with van der Waals surface area (Å²) in [5.74, 6) is 2.29. The van der Waals surface area contributed by atoms with E-state index in [4.69, 9.17) is 4.42 Å². The first-order chi connectivity index (χ1) is 12.3. The fourth-order valence-corrected chi connectivity index (χ4v) is 2.56. The number of aliphatic imine (C=N–C) groups is 1. The lowest BCUT2D eigenvalue weighted by Gasteiger charge is -2.13. The summed E-state index contributed by atoms with van der Waals surface area (Å²) in [6, 6.07) is 2.10. The van der Waals surface area contributed by atoms with Crippen molar-refractivity contribution in [1.29, 1.82) is 0 Å². The predicted molar refractivity (Wildman–Crippen MR) is 104 cm³/mol. The van der Waals surface area contributed by atoms with Gasteiger partial charge in [0.1, 0.15) is 12.3 Å². The molecular weight excluding hydrogens is 328 g/mol. The standard InChI is InChI=1S/C19H32N6O/c1-7-20-18(21-9-8-10-25-15(3)11-14(2)24-25)23-13-17-22-12-16(26-17)19(4,5)6/h11-12H,7-10,13H2,1-6H3,(H2,20,21,23). The SMILES string of the molecule is CCNC(=NCc1ncc(C(C)(C)C)o1)NCCCn1nc(C)cc1C. The Bertz CT molecular complexity index is 723. The number of aromatic nitrogens is 3. The molecule has 0 aromatic carbocycles. The Morgan fingerprint density at radius 3 is 2.62 bits per heavy atom. The number of nitrogens with one attached hydrogen (secondary N) is 2. The molecule has 0 fully saturated rings. The molecule has 0 spiro atoms. The maximum atomic E-state index is 5.79. The van der Waals surface area contributed by atoms with Gasteiger partial charge in [-0.2, -0.15) is 5.10 Å². The number of hydrogen-bond donors (Lipinski definition) is 2. The molecule has 0 amide bonds. The zero-order valence-corrected chi connectivity index (χ0v) is 16.9. The first kappa shape index (κ1) is 20.0. The van der Waals surface area contributed by atoms with Crippen molar-refractivity contribution < 1.29 is 4.42 Å². The topological polar surface area (TPSA) is 80.3 Å². The Morgan fingerprint density at radius 1 is 1.27 bits per heavy atom. The average molecular weight is 361 g/mol. The summed E-state index contributed by atoms with van der Waals surface area (Å²) in [7, 11) is 0. The highest BCUT2D eigenvalue weighted by atomic mass is 16.4. The van der Waals surface area contributed by atoms with Gasteiger partial charge < -0.3 is 15.1 Å². The molecule has 0 aliphatic carbocycles. The zero-order chi connectivity index (χ0) is 19.2. The molecule has 2 rings (SSSR count). The molecule has 144 valence electrons. The van der Waals surface area contributed by atoms with Gasteiger partial charge in [-0.05, 0) is 33.3 Å². The molecule has 26 heavy (non-hydrogen) atoms. The van der Waals surface area contributed by atoms with Crippen LogP contribution in [0.15, 0.2) is 21.7 Å². The van der Waals surface area contributed by atoms with Crippen molar-refractivity contribution >= 4 is 5.96 Å². The lowest BCUT2D eigenvalue weighted by molar-refractivity contribution is 0.383. The van der Waals surface area contributed by atoms with Crippen molar-refractivity contribution in [3.8, 4) is 0 Å². The first-order valence-electron chi connectivity index (χ1n) is 9.28. The Hall–Kier alpha value is -2.31. The molecule has 0 bridgehead atoms. The number of rotatable bonds is 7. The van der Waals surface area contributed by atoms with Gasteiger partial charge in [-0.3, -0.25) is 4.68 Å². The largest absolute Gasteiger partial charge is 0.443 e. The highest BCUT2D eigenvalue weighted by molar-refractivity contribution is 5.79. The molecule has 0 unspecified atom stereocenters. The third kappa shape index (κ3) is 5.89. The molecule has 0 aliphatic rings. The minimum Gasteiger partial charge on any atom is -0.443 e. The molecule has 0 atom stereocenters. The van der Waals surface area contributed by atoms with E-state index in [1.165, 1.54) is 5.69 Å². The minimum atomic E-state index is -0.0410. The second-order valence-corrected chi connectivity index (χ2v) is 7.49. The predicted octanol–water partition coefficient (Wildman–Crippen LogP) is 2.93. The van der Waals surface area contributed by atoms with Crippen LogP contribution in [-0.4, -0.2) is 33.8 Å². The van der Waals surface area contributed by atoms with Gasteiger partial charge in [-0.25, -0.2) is 9.98 Å². The summed E-state index contributed by atoms with van der Waals surface area (Å²) < 4.78 is 7.83. The Morgan fingerprint density at radius 2 is 2.04 bits per heavy atom. The highest BCUT2D eigenvalue weighted by Crippen LogP contribution is 2.22. The lowest BCUT2D eigenvalue weighted by Crippen LogP contribution is -2.38. The van der Waals surface area contributed by atoms with Gasteiger partial charge in [0, 0.05) is 30.7 Å². The maximum Gasteiger partial charge on any atom is 0.216 e. The van der Waals surface area contributed by atoms with Gasteiger partial charge in [-0.15, -0.1) is 0 Å². The van der Waals surface area contributed by atoms with Gasteiger partial charge in [0.05, 0.1) is 11.9 Å². The van der Waals surface area contributed by atoms with Crippen LogP contribution in [0.3, 0.4) is 0 Å². The number of aryl methyl sites for hydroxylation is 3. The molecular formula is C19H32N6O. The molecule has 0 saturated heterocycles. The quantitative estimate of drug-likeness (QED) is 0.451. The minimum absolute atomic E-state index is 0.0410. The van der Waals surface area contributed by atoms with Gasteiger partial charge in [0.15, 0.2) is 5.96 Å². The molecule has 0 radical (unpaired) electrons. The van der Waals surface area contributed by atoms with Crippen molar-refractivity contribution in [3.05, 3.63) is 35.3 Å². The van der Waals surface area contributed by atoms with Crippen LogP contribution in [0, 0.1) is 13.8 Å². The summed E-state index contributed by atoms with van der Waals surface area (Å²) in [6.07, 6.45) is 2.76. The van der Waals surface area contributed by atoms with Crippen molar-refractivity contribution in [2.24, 2.45) is 4.99 Å². The van der Waals surface area contributed by atoms with Crippen LogP contribution in [0.25, 0.3) is 0 Å². The van der Waals surface area contributed by atoms with Crippen LogP contribution in [0.1, 0.15) is 57.2 Å². The lowest BCUT2D eigenvalue weighted by atomic mass is 9.94. The van der Waals surface area contributed by atoms with Crippen LogP contribution < -0.4 is 10.6 Å². The molecule has 2 aromatic heterocycles. The average Bonchev–Trinajstić information content (AvgIpc) is 3.15. The monoisotopic (exact) mass is 360 g/mol. The molecule has 2 heterocycles.